The van der Waals surface area contributed by atoms with E-state index in [-0.39, 0.29) is 11.7 Å². The number of nitrogens with one attached hydrogen (secondary N) is 2. The Morgan fingerprint density at radius 2 is 2.25 bits per heavy atom. The van der Waals surface area contributed by atoms with Crippen LogP contribution in [0.2, 0.25) is 5.02 Å². The monoisotopic (exact) mass is 244 g/mol. The molecule has 1 aromatic carbocycles. The molecule has 1 aromatic rings. The first kappa shape index (κ1) is 12.8. The van der Waals surface area contributed by atoms with Crippen molar-refractivity contribution >= 4 is 23.2 Å². The lowest BCUT2D eigenvalue weighted by Crippen LogP contribution is -2.18. The Labute approximate surface area is 99.0 Å². The Balaban J connectivity index is 2.35. The summed E-state index contributed by atoms with van der Waals surface area (Å²) in [6, 6.07) is 4.17. The highest BCUT2D eigenvalue weighted by Gasteiger charge is 2.01. The van der Waals surface area contributed by atoms with Crippen molar-refractivity contribution in [3.8, 4) is 0 Å². The van der Waals surface area contributed by atoms with Gasteiger partial charge in [-0.3, -0.25) is 4.79 Å². The number of amides is 1. The number of benzene rings is 1. The molecule has 2 N–H and O–H groups in total. The third-order valence-corrected chi connectivity index (χ3v) is 2.42. The van der Waals surface area contributed by atoms with Crippen molar-refractivity contribution < 1.29 is 9.18 Å². The highest BCUT2D eigenvalue weighted by atomic mass is 35.5. The first-order valence-corrected chi connectivity index (χ1v) is 5.41. The Morgan fingerprint density at radius 3 is 2.88 bits per heavy atom. The first-order chi connectivity index (χ1) is 7.63. The second kappa shape index (κ2) is 6.33. The SMILES string of the molecule is CNC(=O)CCCNc1ccc(F)cc1Cl. The Morgan fingerprint density at radius 1 is 1.50 bits per heavy atom. The minimum absolute atomic E-state index is 0.00648. The number of hydrogen-bond acceptors (Lipinski definition) is 2. The molecule has 3 nitrogen and oxygen atoms in total. The normalized spacial score (nSPS) is 9.94. The molecule has 0 atom stereocenters. The number of halogens is 2. The highest BCUT2D eigenvalue weighted by Crippen LogP contribution is 2.22. The van der Waals surface area contributed by atoms with Crippen LogP contribution in [0.25, 0.3) is 0 Å². The van der Waals surface area contributed by atoms with E-state index in [1.807, 2.05) is 0 Å². The molecule has 0 fully saturated rings. The maximum Gasteiger partial charge on any atom is 0.219 e. The Hall–Kier alpha value is -1.29. The molecule has 0 aliphatic rings. The molecule has 88 valence electrons. The van der Waals surface area contributed by atoms with E-state index in [4.69, 9.17) is 11.6 Å². The molecule has 0 radical (unpaired) electrons. The standard InChI is InChI=1S/C11H14ClFN2O/c1-14-11(16)3-2-6-15-10-5-4-8(13)7-9(10)12/h4-5,7,15H,2-3,6H2,1H3,(H,14,16). The second-order valence-electron chi connectivity index (χ2n) is 3.33. The van der Waals surface area contributed by atoms with Crippen LogP contribution < -0.4 is 10.6 Å². The second-order valence-corrected chi connectivity index (χ2v) is 3.73. The number of hydrogen-bond donors (Lipinski definition) is 2. The lowest BCUT2D eigenvalue weighted by atomic mass is 10.2. The van der Waals surface area contributed by atoms with Crippen LogP contribution in [-0.4, -0.2) is 19.5 Å². The zero-order valence-electron chi connectivity index (χ0n) is 9.02. The van der Waals surface area contributed by atoms with Gasteiger partial charge in [0, 0.05) is 20.0 Å². The number of carbonyl (C=O) groups excluding carboxylic acids is 1. The number of anilines is 1. The molecule has 0 unspecified atom stereocenters. The van der Waals surface area contributed by atoms with E-state index >= 15 is 0 Å². The predicted octanol–water partition coefficient (Wildman–Crippen LogP) is 2.42. The van der Waals surface area contributed by atoms with E-state index in [9.17, 15) is 9.18 Å². The summed E-state index contributed by atoms with van der Waals surface area (Å²) >= 11 is 5.82. The van der Waals surface area contributed by atoms with E-state index in [1.165, 1.54) is 12.1 Å². The molecule has 1 rings (SSSR count). The third kappa shape index (κ3) is 4.06. The maximum absolute atomic E-state index is 12.7. The van der Waals surface area contributed by atoms with Crippen LogP contribution in [0.1, 0.15) is 12.8 Å². The molecule has 1 amide bonds. The fourth-order valence-corrected chi connectivity index (χ4v) is 1.46. The summed E-state index contributed by atoms with van der Waals surface area (Å²) in [5.41, 5.74) is 0.681. The molecule has 16 heavy (non-hydrogen) atoms. The van der Waals surface area contributed by atoms with Gasteiger partial charge in [-0.25, -0.2) is 4.39 Å². The molecular weight excluding hydrogens is 231 g/mol. The lowest BCUT2D eigenvalue weighted by Gasteiger charge is -2.07. The molecular formula is C11H14ClFN2O. The van der Waals surface area contributed by atoms with Gasteiger partial charge in [-0.2, -0.15) is 0 Å². The van der Waals surface area contributed by atoms with Crippen molar-refractivity contribution in [2.45, 2.75) is 12.8 Å². The minimum atomic E-state index is -0.360. The topological polar surface area (TPSA) is 41.1 Å². The van der Waals surface area contributed by atoms with E-state index < -0.39 is 0 Å². The van der Waals surface area contributed by atoms with Crippen molar-refractivity contribution in [1.82, 2.24) is 5.32 Å². The molecule has 0 bridgehead atoms. The summed E-state index contributed by atoms with van der Waals surface area (Å²) in [6.07, 6.45) is 1.16. The molecule has 0 spiro atoms. The summed E-state index contributed by atoms with van der Waals surface area (Å²) in [5, 5.41) is 5.93. The van der Waals surface area contributed by atoms with Crippen molar-refractivity contribution in [1.29, 1.82) is 0 Å². The fourth-order valence-electron chi connectivity index (χ4n) is 1.23. The zero-order valence-corrected chi connectivity index (χ0v) is 9.77. The van der Waals surface area contributed by atoms with Crippen LogP contribution in [0.4, 0.5) is 10.1 Å². The average Bonchev–Trinajstić information content (AvgIpc) is 2.26. The minimum Gasteiger partial charge on any atom is -0.384 e. The molecule has 0 aliphatic carbocycles. The van der Waals surface area contributed by atoms with Gasteiger partial charge in [0.1, 0.15) is 5.82 Å². The molecule has 0 saturated carbocycles. The van der Waals surface area contributed by atoms with Gasteiger partial charge in [0.05, 0.1) is 10.7 Å². The van der Waals surface area contributed by atoms with Crippen LogP contribution in [0, 0.1) is 5.82 Å². The Kier molecular flexibility index (Phi) is 5.05. The fraction of sp³-hybridized carbons (Fsp3) is 0.364. The van der Waals surface area contributed by atoms with Gasteiger partial charge in [0.2, 0.25) is 5.91 Å². The van der Waals surface area contributed by atoms with Gasteiger partial charge in [0.25, 0.3) is 0 Å². The molecule has 5 heteroatoms. The van der Waals surface area contributed by atoms with Gasteiger partial charge in [-0.05, 0) is 24.6 Å². The van der Waals surface area contributed by atoms with Crippen LogP contribution in [0.3, 0.4) is 0 Å². The van der Waals surface area contributed by atoms with E-state index in [0.717, 1.165) is 0 Å². The maximum atomic E-state index is 12.7. The van der Waals surface area contributed by atoms with Crippen LogP contribution in [0.5, 0.6) is 0 Å². The zero-order chi connectivity index (χ0) is 12.0. The highest BCUT2D eigenvalue weighted by molar-refractivity contribution is 6.33. The van der Waals surface area contributed by atoms with Gasteiger partial charge in [-0.15, -0.1) is 0 Å². The summed E-state index contributed by atoms with van der Waals surface area (Å²) in [4.78, 5) is 10.9. The van der Waals surface area contributed by atoms with Crippen LogP contribution >= 0.6 is 11.6 Å². The van der Waals surface area contributed by atoms with Crippen molar-refractivity contribution in [2.24, 2.45) is 0 Å². The lowest BCUT2D eigenvalue weighted by molar-refractivity contribution is -0.120. The van der Waals surface area contributed by atoms with E-state index in [1.54, 1.807) is 13.1 Å². The quantitative estimate of drug-likeness (QED) is 0.781. The van der Waals surface area contributed by atoms with Crippen LogP contribution in [0.15, 0.2) is 18.2 Å². The summed E-state index contributed by atoms with van der Waals surface area (Å²) in [5.74, 6) is -0.354. The van der Waals surface area contributed by atoms with Gasteiger partial charge in [-0.1, -0.05) is 11.6 Å². The molecule has 0 aliphatic heterocycles. The number of carbonyl (C=O) groups is 1. The molecule has 0 saturated heterocycles. The van der Waals surface area contributed by atoms with Crippen molar-refractivity contribution in [3.63, 3.8) is 0 Å². The summed E-state index contributed by atoms with van der Waals surface area (Å²) in [7, 11) is 1.60. The molecule has 0 aromatic heterocycles. The van der Waals surface area contributed by atoms with Crippen molar-refractivity contribution in [2.75, 3.05) is 18.9 Å². The van der Waals surface area contributed by atoms with Gasteiger partial charge in [0.15, 0.2) is 0 Å². The predicted molar refractivity (Wildman–Crippen MR) is 63.2 cm³/mol. The first-order valence-electron chi connectivity index (χ1n) is 5.03. The molecule has 0 heterocycles. The van der Waals surface area contributed by atoms with Crippen molar-refractivity contribution in [3.05, 3.63) is 29.0 Å². The largest absolute Gasteiger partial charge is 0.384 e. The van der Waals surface area contributed by atoms with Crippen LogP contribution in [-0.2, 0) is 4.79 Å². The summed E-state index contributed by atoms with van der Waals surface area (Å²) < 4.78 is 12.7. The van der Waals surface area contributed by atoms with Gasteiger partial charge >= 0.3 is 0 Å². The Bertz CT molecular complexity index is 371. The van der Waals surface area contributed by atoms with Gasteiger partial charge < -0.3 is 10.6 Å². The smallest absolute Gasteiger partial charge is 0.219 e. The van der Waals surface area contributed by atoms with E-state index in [0.29, 0.717) is 30.1 Å². The number of rotatable bonds is 5. The summed E-state index contributed by atoms with van der Waals surface area (Å²) in [6.45, 7) is 0.624. The third-order valence-electron chi connectivity index (χ3n) is 2.11. The average molecular weight is 245 g/mol. The van der Waals surface area contributed by atoms with E-state index in [2.05, 4.69) is 10.6 Å².